The van der Waals surface area contributed by atoms with E-state index in [0.717, 1.165) is 11.4 Å². The summed E-state index contributed by atoms with van der Waals surface area (Å²) in [6.45, 7) is 4.37. The monoisotopic (exact) mass is 266 g/mol. The summed E-state index contributed by atoms with van der Waals surface area (Å²) in [6, 6.07) is 20.1. The average molecular weight is 266 g/mol. The Kier molecular flexibility index (Phi) is 4.56. The van der Waals surface area contributed by atoms with E-state index in [1.54, 1.807) is 0 Å². The zero-order chi connectivity index (χ0) is 14.4. The molecule has 0 aliphatic carbocycles. The van der Waals surface area contributed by atoms with E-state index < -0.39 is 5.91 Å². The molecule has 0 fully saturated rings. The smallest absolute Gasteiger partial charge is 0.244 e. The Balaban J connectivity index is 2.22. The molecular formula is C17H18N2O. The van der Waals surface area contributed by atoms with Crippen molar-refractivity contribution in [2.45, 2.75) is 6.42 Å². The topological polar surface area (TPSA) is 46.3 Å². The summed E-state index contributed by atoms with van der Waals surface area (Å²) in [4.78, 5) is 13.2. The maximum atomic E-state index is 11.1. The van der Waals surface area contributed by atoms with Crippen molar-refractivity contribution in [1.82, 2.24) is 0 Å². The summed E-state index contributed by atoms with van der Waals surface area (Å²) in [7, 11) is 0. The van der Waals surface area contributed by atoms with E-state index in [-0.39, 0.29) is 0 Å². The number of carbonyl (C=O) groups excluding carboxylic acids is 1. The van der Waals surface area contributed by atoms with Crippen molar-refractivity contribution >= 4 is 17.3 Å². The van der Waals surface area contributed by atoms with Gasteiger partial charge in [-0.2, -0.15) is 0 Å². The van der Waals surface area contributed by atoms with Crippen molar-refractivity contribution in [3.63, 3.8) is 0 Å². The van der Waals surface area contributed by atoms with E-state index in [4.69, 9.17) is 5.73 Å². The number of rotatable bonds is 6. The predicted octanol–water partition coefficient (Wildman–Crippen LogP) is 3.26. The van der Waals surface area contributed by atoms with Crippen molar-refractivity contribution in [3.05, 3.63) is 72.8 Å². The second-order valence-corrected chi connectivity index (χ2v) is 4.54. The number of nitrogens with zero attached hydrogens (tertiary/aromatic N) is 1. The van der Waals surface area contributed by atoms with Gasteiger partial charge in [0.15, 0.2) is 0 Å². The van der Waals surface area contributed by atoms with Crippen LogP contribution in [0.15, 0.2) is 72.8 Å². The summed E-state index contributed by atoms with van der Waals surface area (Å²) in [5.41, 5.74) is 7.85. The van der Waals surface area contributed by atoms with Crippen LogP contribution in [0.5, 0.6) is 0 Å². The standard InChI is InChI=1S/C17H18N2O/c1-14(17(18)20)12-13-19(15-8-4-2-5-9-15)16-10-6-3-7-11-16/h2-11H,1,12-13H2,(H2,18,20). The Labute approximate surface area is 119 Å². The molecule has 2 aromatic rings. The van der Waals surface area contributed by atoms with Crippen LogP contribution < -0.4 is 10.6 Å². The molecule has 0 saturated carbocycles. The van der Waals surface area contributed by atoms with Gasteiger partial charge in [0.1, 0.15) is 0 Å². The lowest BCUT2D eigenvalue weighted by atomic mass is 10.1. The molecule has 2 rings (SSSR count). The minimum atomic E-state index is -0.439. The molecule has 3 nitrogen and oxygen atoms in total. The lowest BCUT2D eigenvalue weighted by Crippen LogP contribution is -2.22. The summed E-state index contributed by atoms with van der Waals surface area (Å²) >= 11 is 0. The van der Waals surface area contributed by atoms with Gasteiger partial charge >= 0.3 is 0 Å². The highest BCUT2D eigenvalue weighted by molar-refractivity contribution is 5.91. The zero-order valence-electron chi connectivity index (χ0n) is 11.3. The van der Waals surface area contributed by atoms with Crippen LogP contribution in [-0.4, -0.2) is 12.5 Å². The third-order valence-corrected chi connectivity index (χ3v) is 3.12. The minimum Gasteiger partial charge on any atom is -0.366 e. The minimum absolute atomic E-state index is 0.439. The summed E-state index contributed by atoms with van der Waals surface area (Å²) < 4.78 is 0. The molecule has 0 aromatic heterocycles. The summed E-state index contributed by atoms with van der Waals surface area (Å²) in [6.07, 6.45) is 0.541. The van der Waals surface area contributed by atoms with Crippen molar-refractivity contribution in [2.24, 2.45) is 5.73 Å². The number of amides is 1. The lowest BCUT2D eigenvalue weighted by molar-refractivity contribution is -0.114. The van der Waals surface area contributed by atoms with Crippen LogP contribution in [0.4, 0.5) is 11.4 Å². The van der Waals surface area contributed by atoms with Gasteiger partial charge in [0.2, 0.25) is 5.91 Å². The molecule has 1 amide bonds. The molecule has 0 unspecified atom stereocenters. The van der Waals surface area contributed by atoms with Crippen LogP contribution in [0.2, 0.25) is 0 Å². The van der Waals surface area contributed by atoms with E-state index in [1.807, 2.05) is 60.7 Å². The number of hydrogen-bond acceptors (Lipinski definition) is 2. The van der Waals surface area contributed by atoms with Crippen molar-refractivity contribution in [2.75, 3.05) is 11.4 Å². The van der Waals surface area contributed by atoms with Crippen LogP contribution in [0.3, 0.4) is 0 Å². The summed E-state index contributed by atoms with van der Waals surface area (Å²) in [5.74, 6) is -0.439. The summed E-state index contributed by atoms with van der Waals surface area (Å²) in [5, 5.41) is 0. The highest BCUT2D eigenvalue weighted by Gasteiger charge is 2.10. The predicted molar refractivity (Wildman–Crippen MR) is 82.8 cm³/mol. The largest absolute Gasteiger partial charge is 0.366 e. The van der Waals surface area contributed by atoms with Gasteiger partial charge < -0.3 is 10.6 Å². The molecule has 102 valence electrons. The number of nitrogens with two attached hydrogens (primary N) is 1. The lowest BCUT2D eigenvalue weighted by Gasteiger charge is -2.25. The first-order valence-corrected chi connectivity index (χ1v) is 6.53. The van der Waals surface area contributed by atoms with Gasteiger partial charge in [-0.25, -0.2) is 0 Å². The molecule has 0 atom stereocenters. The van der Waals surface area contributed by atoms with Crippen molar-refractivity contribution in [1.29, 1.82) is 0 Å². The molecule has 0 radical (unpaired) electrons. The quantitative estimate of drug-likeness (QED) is 0.816. The maximum Gasteiger partial charge on any atom is 0.244 e. The van der Waals surface area contributed by atoms with Crippen molar-refractivity contribution in [3.8, 4) is 0 Å². The van der Waals surface area contributed by atoms with Gasteiger partial charge in [0.05, 0.1) is 0 Å². The fraction of sp³-hybridized carbons (Fsp3) is 0.118. The molecule has 0 aliphatic heterocycles. The highest BCUT2D eigenvalue weighted by Crippen LogP contribution is 2.25. The Bertz CT molecular complexity index is 539. The van der Waals surface area contributed by atoms with E-state index in [2.05, 4.69) is 11.5 Å². The van der Waals surface area contributed by atoms with Crippen LogP contribution in [0.25, 0.3) is 0 Å². The van der Waals surface area contributed by atoms with E-state index in [9.17, 15) is 4.79 Å². The van der Waals surface area contributed by atoms with Crippen LogP contribution in [0, 0.1) is 0 Å². The molecule has 2 aromatic carbocycles. The first kappa shape index (κ1) is 13.9. The van der Waals surface area contributed by atoms with Gasteiger partial charge in [0.25, 0.3) is 0 Å². The number of primary amides is 1. The average Bonchev–Trinajstić information content (AvgIpc) is 2.49. The molecule has 0 saturated heterocycles. The highest BCUT2D eigenvalue weighted by atomic mass is 16.1. The molecule has 20 heavy (non-hydrogen) atoms. The fourth-order valence-corrected chi connectivity index (χ4v) is 1.99. The number of para-hydroxylation sites is 2. The van der Waals surface area contributed by atoms with Gasteiger partial charge in [-0.3, -0.25) is 4.79 Å². The molecule has 0 spiro atoms. The molecule has 0 heterocycles. The first-order valence-electron chi connectivity index (χ1n) is 6.53. The zero-order valence-corrected chi connectivity index (χ0v) is 11.3. The Morgan fingerprint density at radius 2 is 1.40 bits per heavy atom. The van der Waals surface area contributed by atoms with Crippen LogP contribution >= 0.6 is 0 Å². The number of carbonyl (C=O) groups is 1. The Hall–Kier alpha value is -2.55. The van der Waals surface area contributed by atoms with Gasteiger partial charge in [-0.1, -0.05) is 43.0 Å². The van der Waals surface area contributed by atoms with Gasteiger partial charge in [-0.05, 0) is 30.7 Å². The number of hydrogen-bond donors (Lipinski definition) is 1. The number of anilines is 2. The molecule has 2 N–H and O–H groups in total. The number of benzene rings is 2. The molecular weight excluding hydrogens is 248 g/mol. The third kappa shape index (κ3) is 3.48. The van der Waals surface area contributed by atoms with E-state index in [0.29, 0.717) is 18.5 Å². The second-order valence-electron chi connectivity index (χ2n) is 4.54. The molecule has 3 heteroatoms. The Morgan fingerprint density at radius 3 is 1.80 bits per heavy atom. The SMILES string of the molecule is C=C(CCN(c1ccccc1)c1ccccc1)C(N)=O. The van der Waals surface area contributed by atoms with E-state index in [1.165, 1.54) is 0 Å². The molecule has 0 bridgehead atoms. The van der Waals surface area contributed by atoms with Crippen molar-refractivity contribution < 1.29 is 4.79 Å². The molecule has 0 aliphatic rings. The van der Waals surface area contributed by atoms with Gasteiger partial charge in [-0.15, -0.1) is 0 Å². The first-order chi connectivity index (χ1) is 9.68. The normalized spacial score (nSPS) is 10.0. The second kappa shape index (κ2) is 6.57. The van der Waals surface area contributed by atoms with Crippen LogP contribution in [0.1, 0.15) is 6.42 Å². The Morgan fingerprint density at radius 1 is 0.950 bits per heavy atom. The third-order valence-electron chi connectivity index (χ3n) is 3.12. The maximum absolute atomic E-state index is 11.1. The van der Waals surface area contributed by atoms with Gasteiger partial charge in [0, 0.05) is 23.5 Å². The fourth-order valence-electron chi connectivity index (χ4n) is 1.99. The van der Waals surface area contributed by atoms with Crippen LogP contribution in [-0.2, 0) is 4.79 Å². The van der Waals surface area contributed by atoms with E-state index >= 15 is 0 Å².